The number of benzene rings is 2. The highest BCUT2D eigenvalue weighted by Crippen LogP contribution is 2.23. The molecular formula is C23H30N2O3S. The summed E-state index contributed by atoms with van der Waals surface area (Å²) in [5.41, 5.74) is 2.37. The maximum Gasteiger partial charge on any atom is 0.240 e. The minimum absolute atomic E-state index is 0.193. The van der Waals surface area contributed by atoms with Crippen molar-refractivity contribution < 1.29 is 13.2 Å². The van der Waals surface area contributed by atoms with E-state index in [1.54, 1.807) is 24.3 Å². The lowest BCUT2D eigenvalue weighted by molar-refractivity contribution is -0.132. The van der Waals surface area contributed by atoms with Crippen LogP contribution in [0.1, 0.15) is 36.8 Å². The van der Waals surface area contributed by atoms with Crippen molar-refractivity contribution in [3.8, 4) is 0 Å². The Bertz CT molecular complexity index is 887. The second kappa shape index (κ2) is 10.0. The van der Waals surface area contributed by atoms with Gasteiger partial charge in [-0.1, -0.05) is 42.5 Å². The largest absolute Gasteiger partial charge is 0.343 e. The highest BCUT2D eigenvalue weighted by molar-refractivity contribution is 7.89. The SMILES string of the molecule is CNS(=O)(=O)c1ccc(CCC(=O)N2CCC(CCc3ccccc3)CC2)cc1. The van der Waals surface area contributed by atoms with E-state index in [-0.39, 0.29) is 10.8 Å². The standard InChI is InChI=1S/C23H30N2O3S/c1-24-29(27,28)22-12-9-20(10-13-22)11-14-23(26)25-17-15-21(16-18-25)8-7-19-5-3-2-4-6-19/h2-6,9-10,12-13,21,24H,7-8,11,14-18H2,1H3. The van der Waals surface area contributed by atoms with Crippen LogP contribution in [0.3, 0.4) is 0 Å². The number of piperidine rings is 1. The summed E-state index contributed by atoms with van der Waals surface area (Å²) in [4.78, 5) is 14.8. The van der Waals surface area contributed by atoms with Gasteiger partial charge < -0.3 is 4.90 Å². The van der Waals surface area contributed by atoms with Gasteiger partial charge in [0.25, 0.3) is 0 Å². The molecule has 1 aliphatic heterocycles. The first-order valence-electron chi connectivity index (χ1n) is 10.3. The lowest BCUT2D eigenvalue weighted by Crippen LogP contribution is -2.38. The topological polar surface area (TPSA) is 66.5 Å². The quantitative estimate of drug-likeness (QED) is 0.720. The molecule has 1 aliphatic rings. The zero-order valence-corrected chi connectivity index (χ0v) is 17.8. The van der Waals surface area contributed by atoms with Gasteiger partial charge in [0.2, 0.25) is 15.9 Å². The molecule has 0 radical (unpaired) electrons. The van der Waals surface area contributed by atoms with Gasteiger partial charge in [-0.05, 0) is 68.3 Å². The monoisotopic (exact) mass is 414 g/mol. The van der Waals surface area contributed by atoms with Gasteiger partial charge in [-0.3, -0.25) is 4.79 Å². The van der Waals surface area contributed by atoms with E-state index in [0.29, 0.717) is 18.8 Å². The number of hydrogen-bond acceptors (Lipinski definition) is 3. The molecule has 29 heavy (non-hydrogen) atoms. The molecule has 6 heteroatoms. The van der Waals surface area contributed by atoms with E-state index < -0.39 is 10.0 Å². The molecular weight excluding hydrogens is 384 g/mol. The minimum Gasteiger partial charge on any atom is -0.343 e. The summed E-state index contributed by atoms with van der Waals surface area (Å²) in [7, 11) is -2.02. The van der Waals surface area contributed by atoms with Crippen LogP contribution in [-0.4, -0.2) is 39.4 Å². The number of nitrogens with one attached hydrogen (secondary N) is 1. The van der Waals surface area contributed by atoms with Crippen LogP contribution in [0.5, 0.6) is 0 Å². The van der Waals surface area contributed by atoms with Crippen LogP contribution in [0.15, 0.2) is 59.5 Å². The number of likely N-dealkylation sites (tertiary alicyclic amines) is 1. The Balaban J connectivity index is 1.40. The summed E-state index contributed by atoms with van der Waals surface area (Å²) >= 11 is 0. The second-order valence-electron chi connectivity index (χ2n) is 7.70. The number of amides is 1. The van der Waals surface area contributed by atoms with Crippen LogP contribution in [-0.2, 0) is 27.7 Å². The molecule has 1 amide bonds. The van der Waals surface area contributed by atoms with Crippen LogP contribution in [0, 0.1) is 5.92 Å². The molecule has 156 valence electrons. The lowest BCUT2D eigenvalue weighted by Gasteiger charge is -2.32. The molecule has 0 saturated carbocycles. The van der Waals surface area contributed by atoms with Crippen LogP contribution in [0.2, 0.25) is 0 Å². The van der Waals surface area contributed by atoms with E-state index in [2.05, 4.69) is 29.0 Å². The zero-order valence-electron chi connectivity index (χ0n) is 17.0. The first-order valence-corrected chi connectivity index (χ1v) is 11.8. The molecule has 3 rings (SSSR count). The van der Waals surface area contributed by atoms with Crippen LogP contribution < -0.4 is 4.72 Å². The van der Waals surface area contributed by atoms with Gasteiger partial charge in [-0.25, -0.2) is 13.1 Å². The molecule has 0 atom stereocenters. The van der Waals surface area contributed by atoms with E-state index in [9.17, 15) is 13.2 Å². The molecule has 5 nitrogen and oxygen atoms in total. The predicted molar refractivity (Wildman–Crippen MR) is 115 cm³/mol. The number of nitrogens with zero attached hydrogens (tertiary/aromatic N) is 1. The first-order chi connectivity index (χ1) is 14.0. The molecule has 2 aromatic carbocycles. The van der Waals surface area contributed by atoms with Crippen molar-refractivity contribution in [3.63, 3.8) is 0 Å². The Labute approximate surface area is 174 Å². The molecule has 0 aromatic heterocycles. The molecule has 1 fully saturated rings. The van der Waals surface area contributed by atoms with Gasteiger partial charge in [0, 0.05) is 19.5 Å². The second-order valence-corrected chi connectivity index (χ2v) is 9.59. The summed E-state index contributed by atoms with van der Waals surface area (Å²) in [6.07, 6.45) is 5.55. The van der Waals surface area contributed by atoms with Crippen LogP contribution >= 0.6 is 0 Å². The summed E-state index contributed by atoms with van der Waals surface area (Å²) in [5.74, 6) is 0.888. The predicted octanol–water partition coefficient (Wildman–Crippen LogP) is 3.40. The molecule has 0 aliphatic carbocycles. The van der Waals surface area contributed by atoms with Gasteiger partial charge in [0.05, 0.1) is 4.90 Å². The van der Waals surface area contributed by atoms with E-state index in [0.717, 1.165) is 37.9 Å². The molecule has 0 bridgehead atoms. The van der Waals surface area contributed by atoms with E-state index in [1.165, 1.54) is 19.0 Å². The first kappa shape index (κ1) is 21.5. The van der Waals surface area contributed by atoms with Gasteiger partial charge in [0.15, 0.2) is 0 Å². The van der Waals surface area contributed by atoms with Crippen LogP contribution in [0.25, 0.3) is 0 Å². The Kier molecular flexibility index (Phi) is 7.45. The van der Waals surface area contributed by atoms with Crippen molar-refractivity contribution in [3.05, 3.63) is 65.7 Å². The Hall–Kier alpha value is -2.18. The minimum atomic E-state index is -3.42. The van der Waals surface area contributed by atoms with Crippen molar-refractivity contribution in [2.45, 2.75) is 43.4 Å². The van der Waals surface area contributed by atoms with E-state index in [4.69, 9.17) is 0 Å². The number of carbonyl (C=O) groups is 1. The Morgan fingerprint density at radius 3 is 2.21 bits per heavy atom. The molecule has 0 unspecified atom stereocenters. The molecule has 1 saturated heterocycles. The van der Waals surface area contributed by atoms with Gasteiger partial charge >= 0.3 is 0 Å². The van der Waals surface area contributed by atoms with Crippen molar-refractivity contribution in [1.29, 1.82) is 0 Å². The van der Waals surface area contributed by atoms with Crippen molar-refractivity contribution in [1.82, 2.24) is 9.62 Å². The fourth-order valence-corrected chi connectivity index (χ4v) is 4.58. The highest BCUT2D eigenvalue weighted by Gasteiger charge is 2.22. The van der Waals surface area contributed by atoms with Crippen molar-refractivity contribution in [2.75, 3.05) is 20.1 Å². The van der Waals surface area contributed by atoms with E-state index >= 15 is 0 Å². The third-order valence-corrected chi connectivity index (χ3v) is 7.21. The molecule has 1 heterocycles. The maximum atomic E-state index is 12.6. The van der Waals surface area contributed by atoms with Crippen LogP contribution in [0.4, 0.5) is 0 Å². The highest BCUT2D eigenvalue weighted by atomic mass is 32.2. The summed E-state index contributed by atoms with van der Waals surface area (Å²) in [6.45, 7) is 1.69. The third-order valence-electron chi connectivity index (χ3n) is 5.78. The average molecular weight is 415 g/mol. The lowest BCUT2D eigenvalue weighted by atomic mass is 9.90. The maximum absolute atomic E-state index is 12.6. The fraction of sp³-hybridized carbons (Fsp3) is 0.435. The molecule has 1 N–H and O–H groups in total. The van der Waals surface area contributed by atoms with Crippen molar-refractivity contribution >= 4 is 15.9 Å². The fourth-order valence-electron chi connectivity index (χ4n) is 3.85. The smallest absolute Gasteiger partial charge is 0.240 e. The number of carbonyl (C=O) groups excluding carboxylic acids is 1. The number of hydrogen-bond donors (Lipinski definition) is 1. The third kappa shape index (κ3) is 6.15. The Morgan fingerprint density at radius 1 is 0.966 bits per heavy atom. The molecule has 0 spiro atoms. The normalized spacial score (nSPS) is 15.4. The van der Waals surface area contributed by atoms with Gasteiger partial charge in [-0.2, -0.15) is 0 Å². The van der Waals surface area contributed by atoms with E-state index in [1.807, 2.05) is 11.0 Å². The number of aryl methyl sites for hydroxylation is 2. The summed E-state index contributed by atoms with van der Waals surface area (Å²) < 4.78 is 25.8. The summed E-state index contributed by atoms with van der Waals surface area (Å²) in [6, 6.07) is 17.3. The summed E-state index contributed by atoms with van der Waals surface area (Å²) in [5, 5.41) is 0. The zero-order chi connectivity index (χ0) is 20.7. The van der Waals surface area contributed by atoms with Gasteiger partial charge in [0.1, 0.15) is 0 Å². The van der Waals surface area contributed by atoms with Gasteiger partial charge in [-0.15, -0.1) is 0 Å². The Morgan fingerprint density at radius 2 is 1.59 bits per heavy atom. The average Bonchev–Trinajstić information content (AvgIpc) is 2.77. The molecule has 2 aromatic rings. The van der Waals surface area contributed by atoms with Crippen molar-refractivity contribution in [2.24, 2.45) is 5.92 Å². The number of rotatable bonds is 8. The number of sulfonamides is 1.